The van der Waals surface area contributed by atoms with Crippen LogP contribution < -0.4 is 15.5 Å². The summed E-state index contributed by atoms with van der Waals surface area (Å²) in [5.41, 5.74) is 5.28. The number of esters is 1. The van der Waals surface area contributed by atoms with Gasteiger partial charge in [-0.25, -0.2) is 15.2 Å². The van der Waals surface area contributed by atoms with Crippen molar-refractivity contribution in [3.8, 4) is 5.75 Å². The number of nitrogens with zero attached hydrogens (tertiary/aromatic N) is 2. The second-order valence-electron chi connectivity index (χ2n) is 10.3. The van der Waals surface area contributed by atoms with E-state index in [2.05, 4.69) is 15.9 Å². The molecule has 2 amide bonds. The second kappa shape index (κ2) is 17.2. The molecule has 11 heteroatoms. The van der Waals surface area contributed by atoms with Gasteiger partial charge < -0.3 is 19.5 Å². The molecule has 0 aliphatic heterocycles. The first kappa shape index (κ1) is 32.7. The van der Waals surface area contributed by atoms with Gasteiger partial charge >= 0.3 is 12.1 Å². The third kappa shape index (κ3) is 11.2. The Morgan fingerprint density at radius 3 is 1.98 bits per heavy atom. The summed E-state index contributed by atoms with van der Waals surface area (Å²) >= 11 is 0. The third-order valence-electron chi connectivity index (χ3n) is 6.38. The Labute approximate surface area is 251 Å². The number of rotatable bonds is 16. The first-order valence-corrected chi connectivity index (χ1v) is 14.0. The fourth-order valence-electron chi connectivity index (χ4n) is 4.23. The molecular formula is C32H38N4O7. The van der Waals surface area contributed by atoms with Crippen LogP contribution in [0.15, 0.2) is 90.1 Å². The van der Waals surface area contributed by atoms with Crippen LogP contribution in [0.2, 0.25) is 0 Å². The average molecular weight is 591 g/mol. The van der Waals surface area contributed by atoms with E-state index in [0.29, 0.717) is 24.3 Å². The van der Waals surface area contributed by atoms with Crippen LogP contribution in [-0.2, 0) is 38.7 Å². The number of benzene rings is 3. The predicted octanol–water partition coefficient (Wildman–Crippen LogP) is 4.75. The predicted molar refractivity (Wildman–Crippen MR) is 160 cm³/mol. The minimum absolute atomic E-state index is 0.00229. The number of carbonyl (C=O) groups is 3. The lowest BCUT2D eigenvalue weighted by atomic mass is 10.0. The van der Waals surface area contributed by atoms with E-state index in [4.69, 9.17) is 14.2 Å². The molecular weight excluding hydrogens is 552 g/mol. The number of ether oxygens (including phenoxy) is 3. The van der Waals surface area contributed by atoms with Gasteiger partial charge in [0.25, 0.3) is 5.91 Å². The number of nitrogens with one attached hydrogen (secondary N) is 2. The van der Waals surface area contributed by atoms with Crippen molar-refractivity contribution >= 4 is 18.0 Å². The number of hydrogen-bond donors (Lipinski definition) is 2. The molecule has 2 atom stereocenters. The molecule has 0 radical (unpaired) electrons. The van der Waals surface area contributed by atoms with Crippen molar-refractivity contribution in [2.75, 3.05) is 13.8 Å². The Balaban J connectivity index is 1.76. The number of hydrogen-bond acceptors (Lipinski definition) is 9. The topological polar surface area (TPSA) is 136 Å². The number of nitroso groups, excluding NO2 is 1. The summed E-state index contributed by atoms with van der Waals surface area (Å²) in [4.78, 5) is 50.2. The normalized spacial score (nSPS) is 12.1. The largest absolute Gasteiger partial charge is 0.489 e. The Morgan fingerprint density at radius 2 is 1.42 bits per heavy atom. The van der Waals surface area contributed by atoms with Crippen LogP contribution >= 0.6 is 0 Å². The molecule has 0 aromatic heterocycles. The van der Waals surface area contributed by atoms with Crippen molar-refractivity contribution < 1.29 is 28.6 Å². The minimum atomic E-state index is -1.16. The standard InChI is InChI=1S/C32H38N4O7/c1-23(2)18-29(31(38)41-3)35-36(22-33-40)30(37)28(34-32(39)43-21-26-12-8-5-9-13-26)19-24-14-16-27(17-15-24)42-20-25-10-6-4-7-11-25/h4-17,23,28-29,35H,18-22H2,1-3H3,(H,34,39)/t28-,29-/m0/s1. The van der Waals surface area contributed by atoms with E-state index < -0.39 is 36.7 Å². The molecule has 0 spiro atoms. The number of carbonyl (C=O) groups excluding carboxylic acids is 3. The highest BCUT2D eigenvalue weighted by Gasteiger charge is 2.31. The summed E-state index contributed by atoms with van der Waals surface area (Å²) in [6.07, 6.45) is -0.435. The Kier molecular flexibility index (Phi) is 13.1. The molecule has 0 unspecified atom stereocenters. The number of amides is 2. The van der Waals surface area contributed by atoms with E-state index >= 15 is 0 Å². The van der Waals surface area contributed by atoms with E-state index in [1.165, 1.54) is 7.11 Å². The summed E-state index contributed by atoms with van der Waals surface area (Å²) in [5.74, 6) is -0.579. The molecule has 0 saturated carbocycles. The number of alkyl carbamates (subject to hydrolysis) is 1. The lowest BCUT2D eigenvalue weighted by molar-refractivity contribution is -0.148. The minimum Gasteiger partial charge on any atom is -0.489 e. The van der Waals surface area contributed by atoms with Crippen molar-refractivity contribution in [3.63, 3.8) is 0 Å². The van der Waals surface area contributed by atoms with Gasteiger partial charge in [-0.05, 0) is 46.3 Å². The van der Waals surface area contributed by atoms with Gasteiger partial charge in [0.15, 0.2) is 6.67 Å². The van der Waals surface area contributed by atoms with Crippen molar-refractivity contribution in [1.29, 1.82) is 0 Å². The zero-order valence-corrected chi connectivity index (χ0v) is 24.6. The van der Waals surface area contributed by atoms with E-state index in [1.807, 2.05) is 62.4 Å². The van der Waals surface area contributed by atoms with Crippen molar-refractivity contribution in [3.05, 3.63) is 107 Å². The number of hydrazine groups is 1. The first-order chi connectivity index (χ1) is 20.8. The lowest BCUT2D eigenvalue weighted by Crippen LogP contribution is -2.58. The van der Waals surface area contributed by atoms with Gasteiger partial charge in [-0.15, -0.1) is 4.91 Å². The quantitative estimate of drug-likeness (QED) is 0.139. The molecule has 3 rings (SSSR count). The van der Waals surface area contributed by atoms with Gasteiger partial charge in [0.1, 0.15) is 31.0 Å². The van der Waals surface area contributed by atoms with Crippen molar-refractivity contribution in [2.24, 2.45) is 11.1 Å². The van der Waals surface area contributed by atoms with Crippen LogP contribution in [0.1, 0.15) is 37.0 Å². The van der Waals surface area contributed by atoms with Gasteiger partial charge in [-0.2, -0.15) is 0 Å². The molecule has 0 fully saturated rings. The maximum Gasteiger partial charge on any atom is 0.408 e. The zero-order valence-electron chi connectivity index (χ0n) is 24.6. The zero-order chi connectivity index (χ0) is 31.0. The second-order valence-corrected chi connectivity index (χ2v) is 10.3. The highest BCUT2D eigenvalue weighted by molar-refractivity contribution is 5.86. The molecule has 11 nitrogen and oxygen atoms in total. The summed E-state index contributed by atoms with van der Waals surface area (Å²) < 4.78 is 16.1. The molecule has 0 aliphatic rings. The van der Waals surface area contributed by atoms with Gasteiger partial charge in [0.2, 0.25) is 0 Å². The van der Waals surface area contributed by atoms with Crippen LogP contribution in [0.25, 0.3) is 0 Å². The van der Waals surface area contributed by atoms with Gasteiger partial charge in [0.05, 0.1) is 7.11 Å². The van der Waals surface area contributed by atoms with Crippen molar-refractivity contribution in [1.82, 2.24) is 15.8 Å². The summed E-state index contributed by atoms with van der Waals surface area (Å²) in [6, 6.07) is 23.9. The van der Waals surface area contributed by atoms with Gasteiger partial charge in [0, 0.05) is 6.42 Å². The van der Waals surface area contributed by atoms with Crippen molar-refractivity contribution in [2.45, 2.75) is 52.0 Å². The van der Waals surface area contributed by atoms with Crippen LogP contribution in [0.4, 0.5) is 4.79 Å². The lowest BCUT2D eigenvalue weighted by Gasteiger charge is -2.29. The fourth-order valence-corrected chi connectivity index (χ4v) is 4.23. The van der Waals surface area contributed by atoms with Gasteiger partial charge in [-0.3, -0.25) is 9.59 Å². The summed E-state index contributed by atoms with van der Waals surface area (Å²) in [5, 5.41) is 6.39. The third-order valence-corrected chi connectivity index (χ3v) is 6.38. The highest BCUT2D eigenvalue weighted by atomic mass is 16.5. The molecule has 0 aliphatic carbocycles. The molecule has 0 heterocycles. The highest BCUT2D eigenvalue weighted by Crippen LogP contribution is 2.17. The summed E-state index contributed by atoms with van der Waals surface area (Å²) in [7, 11) is 1.24. The molecule has 3 aromatic rings. The molecule has 228 valence electrons. The number of methoxy groups -OCH3 is 1. The average Bonchev–Trinajstić information content (AvgIpc) is 3.02. The van der Waals surface area contributed by atoms with E-state index in [1.54, 1.807) is 36.4 Å². The fraction of sp³-hybridized carbons (Fsp3) is 0.344. The van der Waals surface area contributed by atoms with E-state index in [9.17, 15) is 19.3 Å². The smallest absolute Gasteiger partial charge is 0.408 e. The van der Waals surface area contributed by atoms with Crippen LogP contribution in [0.5, 0.6) is 5.75 Å². The SMILES string of the molecule is COC(=O)[C@H](CC(C)C)NN(CN=O)C(=O)[C@H](Cc1ccc(OCc2ccccc2)cc1)NC(=O)OCc1ccccc1. The van der Waals surface area contributed by atoms with Crippen LogP contribution in [-0.4, -0.2) is 48.8 Å². The maximum atomic E-state index is 13.7. The molecule has 3 aromatic carbocycles. The van der Waals surface area contributed by atoms with E-state index in [0.717, 1.165) is 16.1 Å². The molecule has 0 bridgehead atoms. The van der Waals surface area contributed by atoms with Gasteiger partial charge in [-0.1, -0.05) is 86.6 Å². The van der Waals surface area contributed by atoms with E-state index in [-0.39, 0.29) is 18.9 Å². The first-order valence-electron chi connectivity index (χ1n) is 14.0. The molecule has 2 N–H and O–H groups in total. The Morgan fingerprint density at radius 1 is 0.814 bits per heavy atom. The van der Waals surface area contributed by atoms with Crippen LogP contribution in [0.3, 0.4) is 0 Å². The summed E-state index contributed by atoms with van der Waals surface area (Å²) in [6.45, 7) is 3.60. The Hall–Kier alpha value is -4.77. The monoisotopic (exact) mass is 590 g/mol. The molecule has 0 saturated heterocycles. The maximum absolute atomic E-state index is 13.7. The Bertz CT molecular complexity index is 1300. The van der Waals surface area contributed by atoms with Crippen LogP contribution in [0, 0.1) is 10.8 Å². The molecule has 43 heavy (non-hydrogen) atoms.